The number of nitrogens with two attached hydrogens (primary N) is 1. The molecule has 6 heteroatoms. The van der Waals surface area contributed by atoms with E-state index in [4.69, 9.17) is 15.7 Å². The molecule has 0 bridgehead atoms. The van der Waals surface area contributed by atoms with Crippen molar-refractivity contribution >= 4 is 71.1 Å². The van der Waals surface area contributed by atoms with Gasteiger partial charge in [0, 0.05) is 67.1 Å². The van der Waals surface area contributed by atoms with Crippen LogP contribution in [0.4, 0.5) is 0 Å². The fourth-order valence-electron chi connectivity index (χ4n) is 12.2. The monoisotopic (exact) mass is 910 g/mol. The van der Waals surface area contributed by atoms with Gasteiger partial charge in [0.1, 0.15) is 0 Å². The quantitative estimate of drug-likeness (QED) is 0.154. The largest absolute Gasteiger partial charge is 0.405 e. The Morgan fingerprint density at radius 3 is 1.46 bits per heavy atom. The number of fused-ring (bicyclic) bond motifs is 12. The van der Waals surface area contributed by atoms with Crippen molar-refractivity contribution in [2.45, 2.75) is 18.4 Å². The molecule has 13 aromatic rings. The number of para-hydroxylation sites is 5. The first kappa shape index (κ1) is 40.8. The summed E-state index contributed by atoms with van der Waals surface area (Å²) in [7, 11) is 0. The summed E-state index contributed by atoms with van der Waals surface area (Å²) in [4.78, 5) is 9.98. The lowest BCUT2D eigenvalue weighted by Gasteiger charge is -2.33. The maximum absolute atomic E-state index is 6.06. The zero-order chi connectivity index (χ0) is 47.2. The summed E-state index contributed by atoms with van der Waals surface area (Å²) < 4.78 is 7.28. The molecule has 71 heavy (non-hydrogen) atoms. The number of hydrogen-bond acceptors (Lipinski definition) is 3. The molecule has 5 heterocycles. The first-order valence-corrected chi connectivity index (χ1v) is 24.3. The van der Waals surface area contributed by atoms with Gasteiger partial charge in [-0.2, -0.15) is 0 Å². The lowest BCUT2D eigenvalue weighted by atomic mass is 9.68. The Bertz CT molecular complexity index is 4160. The minimum absolute atomic E-state index is 0.0636. The second kappa shape index (κ2) is 15.9. The van der Waals surface area contributed by atoms with E-state index < -0.39 is 5.41 Å². The molecule has 14 rings (SSSR count). The average molecular weight is 911 g/mol. The van der Waals surface area contributed by atoms with Crippen LogP contribution in [0.2, 0.25) is 0 Å². The number of hydrogen-bond donors (Lipinski definition) is 1. The topological polar surface area (TPSA) is 66.6 Å². The highest BCUT2D eigenvalue weighted by Crippen LogP contribution is 2.55. The van der Waals surface area contributed by atoms with Gasteiger partial charge >= 0.3 is 0 Å². The molecule has 0 radical (unpaired) electrons. The Morgan fingerprint density at radius 2 is 0.915 bits per heavy atom. The van der Waals surface area contributed by atoms with E-state index in [9.17, 15) is 0 Å². The molecule has 0 aliphatic heterocycles. The Morgan fingerprint density at radius 1 is 0.465 bits per heavy atom. The van der Waals surface area contributed by atoms with E-state index in [1.807, 2.05) is 18.5 Å². The van der Waals surface area contributed by atoms with Gasteiger partial charge in [-0.05, 0) is 125 Å². The zero-order valence-corrected chi connectivity index (χ0v) is 39.0. The normalized spacial score (nSPS) is 13.8. The van der Waals surface area contributed by atoms with Crippen LogP contribution in [0.3, 0.4) is 0 Å². The maximum Gasteiger partial charge on any atom is 0.0937 e. The van der Waals surface area contributed by atoms with Crippen molar-refractivity contribution in [2.75, 3.05) is 0 Å². The molecule has 0 fully saturated rings. The third-order valence-electron chi connectivity index (χ3n) is 15.2. The van der Waals surface area contributed by atoms with Gasteiger partial charge in [0.2, 0.25) is 0 Å². The third kappa shape index (κ3) is 5.88. The Labute approximate surface area is 410 Å². The summed E-state index contributed by atoms with van der Waals surface area (Å²) in [5.41, 5.74) is 23.4. The molecule has 0 amide bonds. The second-order valence-corrected chi connectivity index (χ2v) is 18.7. The lowest BCUT2D eigenvalue weighted by molar-refractivity contribution is 0.702. The van der Waals surface area contributed by atoms with Gasteiger partial charge in [-0.1, -0.05) is 146 Å². The molecule has 0 saturated heterocycles. The summed E-state index contributed by atoms with van der Waals surface area (Å²) in [6, 6.07) is 77.4. The van der Waals surface area contributed by atoms with E-state index in [-0.39, 0.29) is 6.04 Å². The summed E-state index contributed by atoms with van der Waals surface area (Å²) in [6.45, 7) is 2.30. The summed E-state index contributed by atoms with van der Waals surface area (Å²) in [5.74, 6) is 0. The van der Waals surface area contributed by atoms with Crippen LogP contribution in [-0.2, 0) is 5.41 Å². The zero-order valence-electron chi connectivity index (χ0n) is 39.0. The molecule has 0 spiro atoms. The molecule has 2 N–H and O–H groups in total. The summed E-state index contributed by atoms with van der Waals surface area (Å²) in [6.07, 6.45) is 9.50. The van der Waals surface area contributed by atoms with Crippen LogP contribution in [0.15, 0.2) is 243 Å². The van der Waals surface area contributed by atoms with Crippen molar-refractivity contribution in [2.24, 2.45) is 5.73 Å². The van der Waals surface area contributed by atoms with E-state index in [1.54, 1.807) is 6.20 Å². The van der Waals surface area contributed by atoms with Gasteiger partial charge in [-0.15, -0.1) is 0 Å². The van der Waals surface area contributed by atoms with Gasteiger partial charge in [0.25, 0.3) is 0 Å². The van der Waals surface area contributed by atoms with Crippen LogP contribution in [0.25, 0.3) is 99.3 Å². The highest BCUT2D eigenvalue weighted by molar-refractivity contribution is 6.12. The third-order valence-corrected chi connectivity index (χ3v) is 15.2. The van der Waals surface area contributed by atoms with Crippen LogP contribution < -0.4 is 5.73 Å². The smallest absolute Gasteiger partial charge is 0.0937 e. The Kier molecular flexibility index (Phi) is 9.14. The number of nitrogens with zero attached hydrogens (tertiary/aromatic N) is 5. The fourth-order valence-corrected chi connectivity index (χ4v) is 12.2. The van der Waals surface area contributed by atoms with Crippen molar-refractivity contribution in [3.63, 3.8) is 0 Å². The number of pyridine rings is 2. The number of benzene rings is 8. The van der Waals surface area contributed by atoms with Crippen LogP contribution in [0.1, 0.15) is 35.2 Å². The van der Waals surface area contributed by atoms with Gasteiger partial charge in [-0.3, -0.25) is 9.97 Å². The first-order valence-electron chi connectivity index (χ1n) is 24.3. The fraction of sp³-hybridized carbons (Fsp3) is 0.0462. The average Bonchev–Trinajstić information content (AvgIpc) is 4.16. The van der Waals surface area contributed by atoms with Crippen LogP contribution in [-0.4, -0.2) is 23.7 Å². The highest BCUT2D eigenvalue weighted by atomic mass is 15.1. The predicted octanol–water partition coefficient (Wildman–Crippen LogP) is 15.4. The molecule has 1 aliphatic carbocycles. The molecule has 336 valence electrons. The number of rotatable bonds is 8. The van der Waals surface area contributed by atoms with Crippen molar-refractivity contribution in [1.29, 1.82) is 0 Å². The first-order chi connectivity index (χ1) is 35.1. The minimum Gasteiger partial charge on any atom is -0.405 e. The molecule has 5 aromatic heterocycles. The minimum atomic E-state index is -0.654. The summed E-state index contributed by atoms with van der Waals surface area (Å²) >= 11 is 0. The Hall–Kier alpha value is -9.26. The van der Waals surface area contributed by atoms with Crippen molar-refractivity contribution in [3.8, 4) is 28.2 Å². The number of aromatic nitrogens is 5. The molecule has 1 aliphatic rings. The molecular weight excluding hydrogens is 865 g/mol. The van der Waals surface area contributed by atoms with E-state index in [2.05, 4.69) is 239 Å². The van der Waals surface area contributed by atoms with Gasteiger partial charge in [0.05, 0.1) is 44.9 Å². The highest BCUT2D eigenvalue weighted by Gasteiger charge is 2.47. The van der Waals surface area contributed by atoms with Crippen LogP contribution in [0, 0.1) is 0 Å². The van der Waals surface area contributed by atoms with Gasteiger partial charge in [0.15, 0.2) is 0 Å². The standard InChI is InChI=1S/C65H46N6/c1-42(56(27-12-38-66)71-60-25-10-4-17-50(60)51-18-5-11-26-61(51)71)69-57-22-7-6-19-52(57)53-41-44(30-37-62(53)69)43-28-31-45(32-29-43)65(54-20-13-39-67-63(54)64-55(65)21-14-40-68-64)46-33-35-47(36-34-46)70-58-23-8-2-15-48(58)49-16-3-9-24-59(49)70/h2-42H,66H2,1H3/b38-12-,56-27+. The maximum atomic E-state index is 6.06. The predicted molar refractivity (Wildman–Crippen MR) is 294 cm³/mol. The van der Waals surface area contributed by atoms with Gasteiger partial charge in [-0.25, -0.2) is 0 Å². The van der Waals surface area contributed by atoms with Crippen molar-refractivity contribution < 1.29 is 0 Å². The molecule has 6 nitrogen and oxygen atoms in total. The number of allylic oxidation sites excluding steroid dienone is 3. The molecule has 0 saturated carbocycles. The summed E-state index contributed by atoms with van der Waals surface area (Å²) in [5, 5.41) is 7.37. The Balaban J connectivity index is 0.896. The van der Waals surface area contributed by atoms with Crippen molar-refractivity contribution in [3.05, 3.63) is 265 Å². The SMILES string of the molecule is CC(/C(=C\C=C/N)n1c2ccccc2c2ccccc21)n1c2ccccc2c2cc(-c3ccc(C4(c5ccc(-n6c7ccccc7c7ccccc76)cc5)c5cccnc5-c5ncccc54)cc3)ccc21. The van der Waals surface area contributed by atoms with E-state index in [1.165, 1.54) is 65.4 Å². The van der Waals surface area contributed by atoms with Gasteiger partial charge < -0.3 is 19.4 Å². The molecule has 1 unspecified atom stereocenters. The van der Waals surface area contributed by atoms with E-state index in [0.29, 0.717) is 0 Å². The van der Waals surface area contributed by atoms with Crippen molar-refractivity contribution in [1.82, 2.24) is 23.7 Å². The van der Waals surface area contributed by atoms with Crippen LogP contribution >= 0.6 is 0 Å². The van der Waals surface area contributed by atoms with Crippen LogP contribution in [0.5, 0.6) is 0 Å². The lowest BCUT2D eigenvalue weighted by Crippen LogP contribution is -2.28. The van der Waals surface area contributed by atoms with E-state index >= 15 is 0 Å². The molecular formula is C65H46N6. The van der Waals surface area contributed by atoms with E-state index in [0.717, 1.165) is 56.2 Å². The second-order valence-electron chi connectivity index (χ2n) is 18.7. The molecule has 1 atom stereocenters. The molecule has 8 aromatic carbocycles.